The van der Waals surface area contributed by atoms with E-state index in [4.69, 9.17) is 0 Å². The third kappa shape index (κ3) is 1.41. The Labute approximate surface area is 38.7 Å². The fourth-order valence-electron chi connectivity index (χ4n) is 0.250. The zero-order valence-corrected chi connectivity index (χ0v) is 4.41. The van der Waals surface area contributed by atoms with Gasteiger partial charge in [-0.1, -0.05) is 13.8 Å². The molecular weight excluding hydrogens is 76.1 g/mol. The van der Waals surface area contributed by atoms with Crippen LogP contribution in [0.5, 0.6) is 0 Å². The minimum Gasteiger partial charge on any atom is -0.412 e. The van der Waals surface area contributed by atoms with Gasteiger partial charge in [0, 0.05) is 0 Å². The summed E-state index contributed by atoms with van der Waals surface area (Å²) in [6, 6.07) is 0. The van der Waals surface area contributed by atoms with Crippen molar-refractivity contribution in [2.75, 3.05) is 0 Å². The molecule has 0 amide bonds. The fraction of sp³-hybridized carbons (Fsp3) is 1.00. The Morgan fingerprint density at radius 3 is 1.33 bits per heavy atom. The lowest BCUT2D eigenvalue weighted by Gasteiger charge is -1.86. The molecular formula is C5H12O. The highest BCUT2D eigenvalue weighted by atomic mass is 16.0. The van der Waals surface area contributed by atoms with E-state index in [1.54, 1.807) is 0 Å². The van der Waals surface area contributed by atoms with Crippen LogP contribution in [0.4, 0.5) is 0 Å². The normalized spacial score (nSPS) is 25.0. The van der Waals surface area contributed by atoms with Crippen LogP contribution in [0.15, 0.2) is 0 Å². The Morgan fingerprint density at radius 2 is 1.33 bits per heavy atom. The second-order valence-electron chi connectivity index (χ2n) is 2.66. The summed E-state index contributed by atoms with van der Waals surface area (Å²) in [4.78, 5) is 0. The molecule has 0 aromatic rings. The van der Waals surface area contributed by atoms with E-state index in [0.29, 0.717) is 0 Å². The lowest BCUT2D eigenvalue weighted by molar-refractivity contribution is 0.653. The van der Waals surface area contributed by atoms with Crippen LogP contribution in [0, 0.1) is 5.41 Å². The molecule has 2 N–H and O–H groups in total. The van der Waals surface area contributed by atoms with E-state index >= 15 is 0 Å². The Kier molecular flexibility index (Phi) is 1.22. The summed E-state index contributed by atoms with van der Waals surface area (Å²) >= 11 is 0. The van der Waals surface area contributed by atoms with Gasteiger partial charge < -0.3 is 5.48 Å². The van der Waals surface area contributed by atoms with Gasteiger partial charge in [0.05, 0.1) is 0 Å². The SMILES string of the molecule is CC1(C)CC1.O. The Bertz CT molecular complexity index is 41.9. The standard InChI is InChI=1S/C5H10.H2O/c1-5(2)3-4-5;/h3-4H2,1-2H3;1H2. The maximum absolute atomic E-state index is 2.30. The molecule has 0 bridgehead atoms. The van der Waals surface area contributed by atoms with Gasteiger partial charge >= 0.3 is 0 Å². The average Bonchev–Trinajstić information content (AvgIpc) is 1.76. The molecule has 1 nitrogen and oxygen atoms in total. The molecule has 1 heteroatoms. The van der Waals surface area contributed by atoms with E-state index in [1.807, 2.05) is 0 Å². The Hall–Kier alpha value is -0.0400. The van der Waals surface area contributed by atoms with Gasteiger partial charge in [-0.2, -0.15) is 0 Å². The van der Waals surface area contributed by atoms with Gasteiger partial charge in [0.25, 0.3) is 0 Å². The van der Waals surface area contributed by atoms with Crippen LogP contribution in [-0.2, 0) is 0 Å². The highest BCUT2D eigenvalue weighted by Gasteiger charge is 2.30. The summed E-state index contributed by atoms with van der Waals surface area (Å²) in [6.07, 6.45) is 2.90. The first-order valence-electron chi connectivity index (χ1n) is 2.21. The molecule has 1 saturated carbocycles. The molecule has 0 aromatic carbocycles. The summed E-state index contributed by atoms with van der Waals surface area (Å²) in [7, 11) is 0. The fourth-order valence-corrected chi connectivity index (χ4v) is 0.250. The molecule has 1 fully saturated rings. The van der Waals surface area contributed by atoms with Crippen molar-refractivity contribution in [3.8, 4) is 0 Å². The number of hydrogen-bond acceptors (Lipinski definition) is 0. The predicted octanol–water partition coefficient (Wildman–Crippen LogP) is 0.982. The summed E-state index contributed by atoms with van der Waals surface area (Å²) < 4.78 is 0. The van der Waals surface area contributed by atoms with Crippen molar-refractivity contribution in [2.24, 2.45) is 5.41 Å². The van der Waals surface area contributed by atoms with Crippen molar-refractivity contribution in [3.05, 3.63) is 0 Å². The van der Waals surface area contributed by atoms with E-state index in [0.717, 1.165) is 5.41 Å². The van der Waals surface area contributed by atoms with E-state index in [-0.39, 0.29) is 5.48 Å². The highest BCUT2D eigenvalue weighted by Crippen LogP contribution is 2.43. The molecule has 0 unspecified atom stereocenters. The van der Waals surface area contributed by atoms with Crippen LogP contribution in [0.3, 0.4) is 0 Å². The van der Waals surface area contributed by atoms with E-state index < -0.39 is 0 Å². The second-order valence-corrected chi connectivity index (χ2v) is 2.66. The van der Waals surface area contributed by atoms with Gasteiger partial charge in [-0.25, -0.2) is 0 Å². The van der Waals surface area contributed by atoms with Crippen molar-refractivity contribution in [1.82, 2.24) is 0 Å². The average molecular weight is 88.2 g/mol. The molecule has 0 aliphatic heterocycles. The first-order chi connectivity index (χ1) is 2.21. The molecule has 0 saturated heterocycles. The minimum absolute atomic E-state index is 0. The van der Waals surface area contributed by atoms with E-state index in [2.05, 4.69) is 13.8 Å². The largest absolute Gasteiger partial charge is 0.412 e. The van der Waals surface area contributed by atoms with Crippen molar-refractivity contribution in [2.45, 2.75) is 26.7 Å². The van der Waals surface area contributed by atoms with E-state index in [1.165, 1.54) is 12.8 Å². The van der Waals surface area contributed by atoms with Crippen LogP contribution in [0.2, 0.25) is 0 Å². The second kappa shape index (κ2) is 1.23. The highest BCUT2D eigenvalue weighted by molar-refractivity contribution is 4.82. The molecule has 6 heavy (non-hydrogen) atoms. The van der Waals surface area contributed by atoms with E-state index in [9.17, 15) is 0 Å². The predicted molar refractivity (Wildman–Crippen MR) is 26.6 cm³/mol. The molecule has 0 radical (unpaired) electrons. The van der Waals surface area contributed by atoms with Crippen LogP contribution in [-0.4, -0.2) is 5.48 Å². The van der Waals surface area contributed by atoms with Crippen LogP contribution >= 0.6 is 0 Å². The Morgan fingerprint density at radius 1 is 1.17 bits per heavy atom. The topological polar surface area (TPSA) is 31.5 Å². The summed E-state index contributed by atoms with van der Waals surface area (Å²) in [5.74, 6) is 0. The molecule has 1 aliphatic rings. The van der Waals surface area contributed by atoms with Crippen LogP contribution < -0.4 is 0 Å². The third-order valence-electron chi connectivity index (χ3n) is 1.25. The molecule has 38 valence electrons. The Balaban J connectivity index is 0.000000250. The molecule has 1 rings (SSSR count). The molecule has 0 atom stereocenters. The molecule has 0 spiro atoms. The lowest BCUT2D eigenvalue weighted by atomic mass is 10.2. The van der Waals surface area contributed by atoms with Gasteiger partial charge in [0.1, 0.15) is 0 Å². The van der Waals surface area contributed by atoms with Gasteiger partial charge in [-0.15, -0.1) is 0 Å². The minimum atomic E-state index is 0. The first kappa shape index (κ1) is 5.96. The molecule has 0 heterocycles. The maximum atomic E-state index is 2.30. The maximum Gasteiger partial charge on any atom is -0.0354 e. The van der Waals surface area contributed by atoms with Gasteiger partial charge in [0.15, 0.2) is 0 Å². The van der Waals surface area contributed by atoms with Crippen molar-refractivity contribution in [3.63, 3.8) is 0 Å². The van der Waals surface area contributed by atoms with Crippen LogP contribution in [0.25, 0.3) is 0 Å². The number of rotatable bonds is 0. The zero-order chi connectivity index (χ0) is 3.91. The zero-order valence-electron chi connectivity index (χ0n) is 4.41. The molecule has 0 aromatic heterocycles. The van der Waals surface area contributed by atoms with Gasteiger partial charge in [-0.3, -0.25) is 0 Å². The summed E-state index contributed by atoms with van der Waals surface area (Å²) in [5, 5.41) is 0. The van der Waals surface area contributed by atoms with Crippen molar-refractivity contribution < 1.29 is 5.48 Å². The molecule has 1 aliphatic carbocycles. The first-order valence-corrected chi connectivity index (χ1v) is 2.21. The quantitative estimate of drug-likeness (QED) is 0.423. The smallest absolute Gasteiger partial charge is 0.0354 e. The lowest BCUT2D eigenvalue weighted by Crippen LogP contribution is -1.75. The van der Waals surface area contributed by atoms with Crippen LogP contribution in [0.1, 0.15) is 26.7 Å². The number of hydrogen-bond donors (Lipinski definition) is 0. The van der Waals surface area contributed by atoms with Crippen molar-refractivity contribution in [1.29, 1.82) is 0 Å². The van der Waals surface area contributed by atoms with Crippen molar-refractivity contribution >= 4 is 0 Å². The third-order valence-corrected chi connectivity index (χ3v) is 1.25. The van der Waals surface area contributed by atoms with Gasteiger partial charge in [0.2, 0.25) is 0 Å². The monoisotopic (exact) mass is 88.1 g/mol. The van der Waals surface area contributed by atoms with Gasteiger partial charge in [-0.05, 0) is 18.3 Å². The summed E-state index contributed by atoms with van der Waals surface area (Å²) in [5.41, 5.74) is 0.750. The summed E-state index contributed by atoms with van der Waals surface area (Å²) in [6.45, 7) is 4.60.